The Hall–Kier alpha value is -2.43. The molecule has 1 saturated heterocycles. The lowest BCUT2D eigenvalue weighted by Gasteiger charge is -2.27. The summed E-state index contributed by atoms with van der Waals surface area (Å²) in [6, 6.07) is 3.65. The number of aromatic nitrogens is 2. The number of hydrogen-bond donors (Lipinski definition) is 0. The van der Waals surface area contributed by atoms with Gasteiger partial charge in [-0.15, -0.1) is 0 Å². The van der Waals surface area contributed by atoms with E-state index in [-0.39, 0.29) is 17.3 Å². The van der Waals surface area contributed by atoms with Crippen molar-refractivity contribution in [1.29, 1.82) is 0 Å². The van der Waals surface area contributed by atoms with Crippen LogP contribution in [0, 0.1) is 13.8 Å². The molecule has 0 bridgehead atoms. The Kier molecular flexibility index (Phi) is 6.82. The third-order valence-corrected chi connectivity index (χ3v) is 8.13. The van der Waals surface area contributed by atoms with Gasteiger partial charge in [0.15, 0.2) is 0 Å². The zero-order chi connectivity index (χ0) is 22.7. The second kappa shape index (κ2) is 9.60. The molecule has 0 aromatic carbocycles. The van der Waals surface area contributed by atoms with E-state index in [0.717, 1.165) is 31.4 Å². The Labute approximate surface area is 188 Å². The molecule has 2 aromatic heterocycles. The first-order valence-corrected chi connectivity index (χ1v) is 12.5. The van der Waals surface area contributed by atoms with Gasteiger partial charge >= 0.3 is 0 Å². The van der Waals surface area contributed by atoms with E-state index < -0.39 is 10.0 Å². The minimum atomic E-state index is -3.70. The number of hydrogen-bond acceptors (Lipinski definition) is 6. The fraction of sp³-hybridized carbons (Fsp3) is 0.545. The third kappa shape index (κ3) is 4.67. The third-order valence-electron chi connectivity index (χ3n) is 5.98. The van der Waals surface area contributed by atoms with Crippen molar-refractivity contribution < 1.29 is 22.4 Å². The first kappa shape index (κ1) is 22.8. The molecule has 3 heterocycles. The van der Waals surface area contributed by atoms with Crippen LogP contribution in [-0.2, 0) is 32.6 Å². The lowest BCUT2D eigenvalue weighted by molar-refractivity contribution is -0.131. The summed E-state index contributed by atoms with van der Waals surface area (Å²) in [5.74, 6) is 0.559. The fourth-order valence-electron chi connectivity index (χ4n) is 4.31. The topological polar surface area (TPSA) is 97.9 Å². The first-order chi connectivity index (χ1) is 15.4. The highest BCUT2D eigenvalue weighted by molar-refractivity contribution is 7.89. The second-order valence-corrected chi connectivity index (χ2v) is 10.0. The molecule has 9 nitrogen and oxygen atoms in total. The Bertz CT molecular complexity index is 1080. The van der Waals surface area contributed by atoms with Crippen LogP contribution >= 0.6 is 0 Å². The van der Waals surface area contributed by atoms with Crippen molar-refractivity contribution in [2.45, 2.75) is 57.5 Å². The monoisotopic (exact) mass is 462 g/mol. The van der Waals surface area contributed by atoms with Crippen LogP contribution in [0.2, 0.25) is 0 Å². The average molecular weight is 463 g/mol. The number of furan rings is 1. The highest BCUT2D eigenvalue weighted by atomic mass is 32.2. The molecule has 1 fully saturated rings. The maximum atomic E-state index is 13.4. The maximum Gasteiger partial charge on any atom is 0.248 e. The molecule has 4 rings (SSSR count). The van der Waals surface area contributed by atoms with Crippen LogP contribution in [0.3, 0.4) is 0 Å². The van der Waals surface area contributed by atoms with E-state index in [1.54, 1.807) is 31.1 Å². The molecule has 0 N–H and O–H groups in total. The molecular weight excluding hydrogens is 432 g/mol. The van der Waals surface area contributed by atoms with E-state index in [2.05, 4.69) is 11.2 Å². The number of nitrogens with zero attached hydrogens (tertiary/aromatic N) is 4. The molecule has 1 amide bonds. The minimum absolute atomic E-state index is 0.0383. The van der Waals surface area contributed by atoms with Gasteiger partial charge in [-0.3, -0.25) is 9.48 Å². The lowest BCUT2D eigenvalue weighted by atomic mass is 10.0. The standard InChI is InChI=1S/C22H30N4O5S/c1-17-22(32(28,29)24-10-13-30-14-11-24)18(2)26(23-17)16-21(27)25(15-20-9-6-12-31-20)19-7-4-3-5-8-19/h6-7,9,12H,3-5,8,10-11,13-16H2,1-2H3. The van der Waals surface area contributed by atoms with Gasteiger partial charge in [-0.25, -0.2) is 8.42 Å². The van der Waals surface area contributed by atoms with Crippen LogP contribution < -0.4 is 0 Å². The summed E-state index contributed by atoms with van der Waals surface area (Å²) in [5.41, 5.74) is 1.86. The van der Waals surface area contributed by atoms with Crippen LogP contribution in [0.15, 0.2) is 39.5 Å². The Morgan fingerprint density at radius 3 is 2.66 bits per heavy atom. The number of amides is 1. The van der Waals surface area contributed by atoms with Gasteiger partial charge in [0.25, 0.3) is 0 Å². The highest BCUT2D eigenvalue weighted by Gasteiger charge is 2.33. The van der Waals surface area contributed by atoms with Gasteiger partial charge in [0.05, 0.1) is 37.4 Å². The molecule has 0 radical (unpaired) electrons. The molecule has 1 aliphatic carbocycles. The van der Waals surface area contributed by atoms with Crippen molar-refractivity contribution in [3.63, 3.8) is 0 Å². The largest absolute Gasteiger partial charge is 0.467 e. The zero-order valence-corrected chi connectivity index (χ0v) is 19.4. The quantitative estimate of drug-likeness (QED) is 0.627. The first-order valence-electron chi connectivity index (χ1n) is 11.0. The number of allylic oxidation sites excluding steroid dienone is 2. The van der Waals surface area contributed by atoms with Gasteiger partial charge in [-0.2, -0.15) is 9.40 Å². The van der Waals surface area contributed by atoms with E-state index in [1.807, 2.05) is 6.07 Å². The summed E-state index contributed by atoms with van der Waals surface area (Å²) in [4.78, 5) is 15.3. The Morgan fingerprint density at radius 2 is 2.00 bits per heavy atom. The number of aryl methyl sites for hydroxylation is 1. The molecule has 0 saturated carbocycles. The number of morpholine rings is 1. The number of carbonyl (C=O) groups is 1. The molecule has 2 aromatic rings. The number of ether oxygens (including phenoxy) is 1. The normalized spacial score (nSPS) is 17.9. The molecule has 174 valence electrons. The van der Waals surface area contributed by atoms with Gasteiger partial charge < -0.3 is 14.1 Å². The predicted molar refractivity (Wildman–Crippen MR) is 117 cm³/mol. The maximum absolute atomic E-state index is 13.4. The minimum Gasteiger partial charge on any atom is -0.467 e. The zero-order valence-electron chi connectivity index (χ0n) is 18.6. The van der Waals surface area contributed by atoms with Gasteiger partial charge in [0.1, 0.15) is 17.2 Å². The van der Waals surface area contributed by atoms with E-state index in [1.165, 1.54) is 8.99 Å². The van der Waals surface area contributed by atoms with Crippen molar-refractivity contribution in [3.05, 3.63) is 47.3 Å². The summed E-state index contributed by atoms with van der Waals surface area (Å²) in [5, 5.41) is 4.43. The van der Waals surface area contributed by atoms with Crippen molar-refractivity contribution in [2.24, 2.45) is 0 Å². The highest BCUT2D eigenvalue weighted by Crippen LogP contribution is 2.26. The molecule has 0 unspecified atom stereocenters. The second-order valence-electron chi connectivity index (χ2n) is 8.17. The van der Waals surface area contributed by atoms with Crippen molar-refractivity contribution in [2.75, 3.05) is 26.3 Å². The van der Waals surface area contributed by atoms with Crippen LogP contribution in [0.4, 0.5) is 0 Å². The summed E-state index contributed by atoms with van der Waals surface area (Å²) in [6.07, 6.45) is 7.64. The summed E-state index contributed by atoms with van der Waals surface area (Å²) in [6.45, 7) is 5.07. The van der Waals surface area contributed by atoms with Gasteiger partial charge in [-0.1, -0.05) is 6.08 Å². The average Bonchev–Trinajstić information content (AvgIpc) is 3.41. The molecule has 1 aliphatic heterocycles. The Balaban J connectivity index is 1.59. The van der Waals surface area contributed by atoms with Crippen LogP contribution in [0.5, 0.6) is 0 Å². The number of sulfonamides is 1. The van der Waals surface area contributed by atoms with E-state index >= 15 is 0 Å². The molecule has 32 heavy (non-hydrogen) atoms. The van der Waals surface area contributed by atoms with Crippen LogP contribution in [-0.4, -0.2) is 59.6 Å². The SMILES string of the molecule is Cc1nn(CC(=O)N(Cc2ccco2)C2=CCCCC2)c(C)c1S(=O)(=O)N1CCOCC1. The predicted octanol–water partition coefficient (Wildman–Crippen LogP) is 2.60. The number of rotatable bonds is 7. The summed E-state index contributed by atoms with van der Waals surface area (Å²) < 4.78 is 40.1. The van der Waals surface area contributed by atoms with Gasteiger partial charge in [-0.05, 0) is 51.7 Å². The number of carbonyl (C=O) groups excluding carboxylic acids is 1. The Morgan fingerprint density at radius 1 is 1.22 bits per heavy atom. The molecular formula is C22H30N4O5S. The lowest BCUT2D eigenvalue weighted by Crippen LogP contribution is -2.41. The van der Waals surface area contributed by atoms with E-state index in [0.29, 0.717) is 50.0 Å². The fourth-order valence-corrected chi connectivity index (χ4v) is 6.09. The summed E-state index contributed by atoms with van der Waals surface area (Å²) in [7, 11) is -3.70. The van der Waals surface area contributed by atoms with Crippen LogP contribution in [0.1, 0.15) is 42.8 Å². The van der Waals surface area contributed by atoms with Gasteiger partial charge in [0.2, 0.25) is 15.9 Å². The van der Waals surface area contributed by atoms with Crippen molar-refractivity contribution in [3.8, 4) is 0 Å². The molecule has 0 atom stereocenters. The smallest absolute Gasteiger partial charge is 0.248 e. The van der Waals surface area contributed by atoms with Crippen molar-refractivity contribution in [1.82, 2.24) is 19.0 Å². The molecule has 0 spiro atoms. The summed E-state index contributed by atoms with van der Waals surface area (Å²) >= 11 is 0. The van der Waals surface area contributed by atoms with Crippen LogP contribution in [0.25, 0.3) is 0 Å². The van der Waals surface area contributed by atoms with E-state index in [9.17, 15) is 13.2 Å². The van der Waals surface area contributed by atoms with Gasteiger partial charge in [0, 0.05) is 18.8 Å². The van der Waals surface area contributed by atoms with E-state index in [4.69, 9.17) is 9.15 Å². The molecule has 10 heteroatoms. The van der Waals surface area contributed by atoms with Crippen molar-refractivity contribution >= 4 is 15.9 Å². The molecule has 2 aliphatic rings.